The van der Waals surface area contributed by atoms with Crippen LogP contribution in [0.4, 0.5) is 11.6 Å². The van der Waals surface area contributed by atoms with Crippen LogP contribution in [0, 0.1) is 6.92 Å². The van der Waals surface area contributed by atoms with Crippen molar-refractivity contribution in [1.29, 1.82) is 0 Å². The second kappa shape index (κ2) is 9.27. The molecule has 1 aliphatic heterocycles. The number of aryl methyl sites for hydroxylation is 1. The van der Waals surface area contributed by atoms with Crippen molar-refractivity contribution < 1.29 is 9.53 Å². The molecule has 0 unspecified atom stereocenters. The first-order valence-corrected chi connectivity index (χ1v) is 9.73. The van der Waals surface area contributed by atoms with Crippen LogP contribution >= 0.6 is 0 Å². The molecule has 2 N–H and O–H groups in total. The molecule has 2 aromatic heterocycles. The van der Waals surface area contributed by atoms with Gasteiger partial charge in [0.25, 0.3) is 5.91 Å². The molecule has 0 aliphatic carbocycles. The van der Waals surface area contributed by atoms with E-state index in [2.05, 4.69) is 41.0 Å². The monoisotopic (exact) mass is 409 g/mol. The molecule has 1 amide bonds. The number of rotatable bonds is 7. The predicted octanol–water partition coefficient (Wildman–Crippen LogP) is 0.439. The molecule has 1 fully saturated rings. The first-order valence-electron chi connectivity index (χ1n) is 9.73. The van der Waals surface area contributed by atoms with E-state index in [-0.39, 0.29) is 5.91 Å². The molecule has 3 heterocycles. The largest absolute Gasteiger partial charge is 0.378 e. The average Bonchev–Trinajstić information content (AvgIpc) is 3.32. The lowest BCUT2D eigenvalue weighted by atomic mass is 10.2. The number of hydrogen-bond acceptors (Lipinski definition) is 9. The SMILES string of the molecule is Cc1nc(NCCNC(=O)c2cccc(-n3cnnn3)c2)cc(N2CCOCC2)n1. The van der Waals surface area contributed by atoms with Gasteiger partial charge in [-0.3, -0.25) is 4.79 Å². The number of anilines is 2. The molecule has 1 saturated heterocycles. The maximum Gasteiger partial charge on any atom is 0.251 e. The van der Waals surface area contributed by atoms with Crippen molar-refractivity contribution in [3.05, 3.63) is 48.0 Å². The maximum atomic E-state index is 12.4. The van der Waals surface area contributed by atoms with Gasteiger partial charge in [0.1, 0.15) is 23.8 Å². The van der Waals surface area contributed by atoms with Gasteiger partial charge in [-0.25, -0.2) is 14.6 Å². The van der Waals surface area contributed by atoms with Crippen LogP contribution in [0.25, 0.3) is 5.69 Å². The second-order valence-corrected chi connectivity index (χ2v) is 6.75. The number of nitrogens with zero attached hydrogens (tertiary/aromatic N) is 7. The Morgan fingerprint density at radius 3 is 2.83 bits per heavy atom. The van der Waals surface area contributed by atoms with Crippen LogP contribution < -0.4 is 15.5 Å². The molecular weight excluding hydrogens is 386 g/mol. The number of tetrazole rings is 1. The molecule has 3 aromatic rings. The van der Waals surface area contributed by atoms with E-state index in [1.54, 1.807) is 18.2 Å². The summed E-state index contributed by atoms with van der Waals surface area (Å²) in [6.45, 7) is 5.89. The van der Waals surface area contributed by atoms with Gasteiger partial charge in [-0.1, -0.05) is 6.07 Å². The number of morpholine rings is 1. The number of ether oxygens (including phenoxy) is 1. The molecule has 11 nitrogen and oxygen atoms in total. The second-order valence-electron chi connectivity index (χ2n) is 6.75. The number of nitrogens with one attached hydrogen (secondary N) is 2. The molecule has 1 aromatic carbocycles. The lowest BCUT2D eigenvalue weighted by molar-refractivity contribution is 0.0955. The van der Waals surface area contributed by atoms with E-state index >= 15 is 0 Å². The van der Waals surface area contributed by atoms with Crippen LogP contribution in [-0.2, 0) is 4.74 Å². The summed E-state index contributed by atoms with van der Waals surface area (Å²) in [5.41, 5.74) is 1.26. The Labute approximate surface area is 173 Å². The van der Waals surface area contributed by atoms with E-state index in [1.807, 2.05) is 19.1 Å². The molecule has 30 heavy (non-hydrogen) atoms. The molecule has 11 heteroatoms. The van der Waals surface area contributed by atoms with Crippen molar-refractivity contribution in [2.24, 2.45) is 0 Å². The Morgan fingerprint density at radius 2 is 2.03 bits per heavy atom. The minimum atomic E-state index is -0.167. The van der Waals surface area contributed by atoms with Crippen LogP contribution in [0.1, 0.15) is 16.2 Å². The summed E-state index contributed by atoms with van der Waals surface area (Å²) in [4.78, 5) is 23.6. The molecule has 4 rings (SSSR count). The van der Waals surface area contributed by atoms with E-state index < -0.39 is 0 Å². The van der Waals surface area contributed by atoms with Gasteiger partial charge in [0.15, 0.2) is 0 Å². The molecule has 0 saturated carbocycles. The van der Waals surface area contributed by atoms with Crippen molar-refractivity contribution >= 4 is 17.5 Å². The third kappa shape index (κ3) is 4.87. The lowest BCUT2D eigenvalue weighted by Crippen LogP contribution is -2.37. The molecule has 1 aliphatic rings. The lowest BCUT2D eigenvalue weighted by Gasteiger charge is -2.28. The predicted molar refractivity (Wildman–Crippen MR) is 110 cm³/mol. The van der Waals surface area contributed by atoms with Gasteiger partial charge in [0.05, 0.1) is 18.9 Å². The number of aromatic nitrogens is 6. The summed E-state index contributed by atoms with van der Waals surface area (Å²) in [6, 6.07) is 9.04. The Kier molecular flexibility index (Phi) is 6.09. The highest BCUT2D eigenvalue weighted by Crippen LogP contribution is 2.17. The van der Waals surface area contributed by atoms with Gasteiger partial charge in [-0.05, 0) is 35.5 Å². The number of carbonyl (C=O) groups excluding carboxylic acids is 1. The Balaban J connectivity index is 1.30. The molecule has 0 radical (unpaired) electrons. The summed E-state index contributed by atoms with van der Waals surface area (Å²) in [6.07, 6.45) is 1.48. The summed E-state index contributed by atoms with van der Waals surface area (Å²) in [5, 5.41) is 17.2. The Hall–Kier alpha value is -3.60. The van der Waals surface area contributed by atoms with Crippen molar-refractivity contribution in [3.8, 4) is 5.69 Å². The molecular formula is C19H23N9O2. The summed E-state index contributed by atoms with van der Waals surface area (Å²) < 4.78 is 6.90. The topological polar surface area (TPSA) is 123 Å². The molecule has 0 atom stereocenters. The van der Waals surface area contributed by atoms with Gasteiger partial charge in [-0.15, -0.1) is 5.10 Å². The first-order chi connectivity index (χ1) is 14.7. The van der Waals surface area contributed by atoms with Gasteiger partial charge < -0.3 is 20.3 Å². The summed E-state index contributed by atoms with van der Waals surface area (Å²) in [7, 11) is 0. The zero-order valence-electron chi connectivity index (χ0n) is 16.7. The highest BCUT2D eigenvalue weighted by molar-refractivity contribution is 5.94. The third-order valence-corrected chi connectivity index (χ3v) is 4.60. The number of benzene rings is 1. The van der Waals surface area contributed by atoms with Crippen LogP contribution in [0.5, 0.6) is 0 Å². The van der Waals surface area contributed by atoms with E-state index in [0.717, 1.165) is 30.4 Å². The smallest absolute Gasteiger partial charge is 0.251 e. The third-order valence-electron chi connectivity index (χ3n) is 4.60. The molecule has 156 valence electrons. The minimum Gasteiger partial charge on any atom is -0.378 e. The molecule has 0 spiro atoms. The normalized spacial score (nSPS) is 13.8. The summed E-state index contributed by atoms with van der Waals surface area (Å²) >= 11 is 0. The van der Waals surface area contributed by atoms with E-state index in [1.165, 1.54) is 11.0 Å². The van der Waals surface area contributed by atoms with Crippen LogP contribution in [0.2, 0.25) is 0 Å². The van der Waals surface area contributed by atoms with Crippen molar-refractivity contribution in [1.82, 2.24) is 35.5 Å². The highest BCUT2D eigenvalue weighted by Gasteiger charge is 2.14. The van der Waals surface area contributed by atoms with Crippen LogP contribution in [-0.4, -0.2) is 75.5 Å². The first kappa shape index (κ1) is 19.7. The minimum absolute atomic E-state index is 0.167. The van der Waals surface area contributed by atoms with Crippen molar-refractivity contribution in [2.75, 3.05) is 49.6 Å². The quantitative estimate of drug-likeness (QED) is 0.535. The van der Waals surface area contributed by atoms with Crippen molar-refractivity contribution in [2.45, 2.75) is 6.92 Å². The fourth-order valence-corrected chi connectivity index (χ4v) is 3.13. The maximum absolute atomic E-state index is 12.4. The number of amides is 1. The van der Waals surface area contributed by atoms with Gasteiger partial charge >= 0.3 is 0 Å². The standard InChI is InChI=1S/C19H23N9O2/c1-14-23-17(12-18(24-14)27-7-9-30-10-8-27)20-5-6-21-19(29)15-3-2-4-16(11-15)28-13-22-25-26-28/h2-4,11-13H,5-10H2,1H3,(H,21,29)(H,20,23,24). The average molecular weight is 409 g/mol. The fraction of sp³-hybridized carbons (Fsp3) is 0.368. The zero-order valence-corrected chi connectivity index (χ0v) is 16.7. The van der Waals surface area contributed by atoms with Gasteiger partial charge in [0, 0.05) is 37.8 Å². The van der Waals surface area contributed by atoms with Gasteiger partial charge in [0.2, 0.25) is 0 Å². The van der Waals surface area contributed by atoms with E-state index in [0.29, 0.717) is 37.7 Å². The highest BCUT2D eigenvalue weighted by atomic mass is 16.5. The summed E-state index contributed by atoms with van der Waals surface area (Å²) in [5.74, 6) is 2.15. The Morgan fingerprint density at radius 1 is 1.17 bits per heavy atom. The van der Waals surface area contributed by atoms with Crippen LogP contribution in [0.15, 0.2) is 36.7 Å². The number of hydrogen-bond donors (Lipinski definition) is 2. The molecule has 0 bridgehead atoms. The Bertz CT molecular complexity index is 987. The van der Waals surface area contributed by atoms with E-state index in [9.17, 15) is 4.79 Å². The van der Waals surface area contributed by atoms with Gasteiger partial charge in [-0.2, -0.15) is 0 Å². The number of carbonyl (C=O) groups is 1. The zero-order chi connectivity index (χ0) is 20.8. The van der Waals surface area contributed by atoms with Crippen LogP contribution in [0.3, 0.4) is 0 Å². The fourth-order valence-electron chi connectivity index (χ4n) is 3.13. The van der Waals surface area contributed by atoms with Crippen molar-refractivity contribution in [3.63, 3.8) is 0 Å². The van der Waals surface area contributed by atoms with E-state index in [4.69, 9.17) is 4.74 Å².